The molecule has 5 heterocycles. The van der Waals surface area contributed by atoms with E-state index in [9.17, 15) is 5.11 Å². The first kappa shape index (κ1) is 22.2. The van der Waals surface area contributed by atoms with Crippen LogP contribution in [0, 0.1) is 6.92 Å². The van der Waals surface area contributed by atoms with Crippen molar-refractivity contribution in [3.05, 3.63) is 40.8 Å². The number of piperidine rings is 1. The lowest BCUT2D eigenvalue weighted by atomic mass is 9.88. The van der Waals surface area contributed by atoms with Crippen LogP contribution in [-0.4, -0.2) is 80.8 Å². The Morgan fingerprint density at radius 2 is 1.85 bits per heavy atom. The van der Waals surface area contributed by atoms with Crippen LogP contribution in [0.1, 0.15) is 43.5 Å². The van der Waals surface area contributed by atoms with Crippen LogP contribution < -0.4 is 4.90 Å². The molecule has 1 N–H and O–H groups in total. The molecule has 3 aliphatic heterocycles. The Balaban J connectivity index is 1.29. The minimum atomic E-state index is -0.663. The highest BCUT2D eigenvalue weighted by molar-refractivity contribution is 6.32. The number of halogens is 1. The van der Waals surface area contributed by atoms with Crippen molar-refractivity contribution in [1.82, 2.24) is 24.6 Å². The van der Waals surface area contributed by atoms with Gasteiger partial charge in [-0.1, -0.05) is 11.6 Å². The number of fused-ring (bicyclic) bond motifs is 1. The number of aryl methyl sites for hydroxylation is 1. The van der Waals surface area contributed by atoms with Crippen LogP contribution in [0.15, 0.2) is 24.4 Å². The number of rotatable bonds is 4. The van der Waals surface area contributed by atoms with Gasteiger partial charge in [-0.25, -0.2) is 14.6 Å². The summed E-state index contributed by atoms with van der Waals surface area (Å²) in [5.41, 5.74) is 1.54. The highest BCUT2D eigenvalue weighted by Gasteiger charge is 2.37. The van der Waals surface area contributed by atoms with Gasteiger partial charge in [0.05, 0.1) is 23.9 Å². The Kier molecular flexibility index (Phi) is 5.52. The zero-order valence-electron chi connectivity index (χ0n) is 19.7. The monoisotopic (exact) mass is 482 g/mol. The molecule has 0 radical (unpaired) electrons. The maximum absolute atomic E-state index is 10.1. The lowest BCUT2D eigenvalue weighted by Crippen LogP contribution is -2.60. The highest BCUT2D eigenvalue weighted by atomic mass is 35.5. The first-order chi connectivity index (χ1) is 16.4. The number of hydrogen-bond acceptors (Lipinski definition) is 7. The fraction of sp³-hybridized carbons (Fsp3) is 0.560. The van der Waals surface area contributed by atoms with E-state index in [1.54, 1.807) is 0 Å². The molecule has 8 nitrogen and oxygen atoms in total. The molecule has 3 aliphatic rings. The van der Waals surface area contributed by atoms with Crippen molar-refractivity contribution >= 4 is 28.3 Å². The van der Waals surface area contributed by atoms with Crippen LogP contribution in [0.25, 0.3) is 16.7 Å². The third-order valence-electron chi connectivity index (χ3n) is 7.49. The fourth-order valence-corrected chi connectivity index (χ4v) is 6.01. The van der Waals surface area contributed by atoms with E-state index in [4.69, 9.17) is 16.3 Å². The Morgan fingerprint density at radius 3 is 2.56 bits per heavy atom. The molecule has 0 bridgehead atoms. The molecule has 9 heteroatoms. The molecule has 0 saturated carbocycles. The van der Waals surface area contributed by atoms with Gasteiger partial charge in [-0.3, -0.25) is 4.90 Å². The third-order valence-corrected chi connectivity index (χ3v) is 7.82. The topological polar surface area (TPSA) is 79.5 Å². The molecule has 34 heavy (non-hydrogen) atoms. The smallest absolute Gasteiger partial charge is 0.159 e. The highest BCUT2D eigenvalue weighted by Crippen LogP contribution is 2.37. The maximum Gasteiger partial charge on any atom is 0.159 e. The number of nitrogens with zero attached hydrogens (tertiary/aromatic N) is 6. The van der Waals surface area contributed by atoms with E-state index < -0.39 is 5.60 Å². The van der Waals surface area contributed by atoms with Gasteiger partial charge < -0.3 is 14.7 Å². The summed E-state index contributed by atoms with van der Waals surface area (Å²) in [6.45, 7) is 8.78. The predicted molar refractivity (Wildman–Crippen MR) is 132 cm³/mol. The van der Waals surface area contributed by atoms with Crippen molar-refractivity contribution in [3.8, 4) is 5.82 Å². The minimum absolute atomic E-state index is 0.435. The molecule has 180 valence electrons. The summed E-state index contributed by atoms with van der Waals surface area (Å²) < 4.78 is 7.47. The van der Waals surface area contributed by atoms with Crippen LogP contribution in [0.3, 0.4) is 0 Å². The quantitative estimate of drug-likeness (QED) is 0.611. The van der Waals surface area contributed by atoms with E-state index in [0.29, 0.717) is 30.9 Å². The molecular weight excluding hydrogens is 452 g/mol. The molecule has 3 saturated heterocycles. The molecule has 1 aromatic carbocycles. The van der Waals surface area contributed by atoms with Gasteiger partial charge in [0.1, 0.15) is 11.6 Å². The molecule has 0 spiro atoms. The first-order valence-electron chi connectivity index (χ1n) is 12.2. The summed E-state index contributed by atoms with van der Waals surface area (Å²) >= 11 is 6.77. The van der Waals surface area contributed by atoms with E-state index in [1.165, 1.54) is 5.56 Å². The molecule has 6 rings (SSSR count). The van der Waals surface area contributed by atoms with E-state index in [1.807, 2.05) is 36.9 Å². The average molecular weight is 483 g/mol. The number of β-amino-alcohol motifs (C(OH)–C–C–N with tert-alkyl or cyclic N) is 1. The number of hydrogen-bond donors (Lipinski definition) is 1. The van der Waals surface area contributed by atoms with Gasteiger partial charge in [0.25, 0.3) is 0 Å². The van der Waals surface area contributed by atoms with Crippen LogP contribution in [-0.2, 0) is 4.74 Å². The Bertz CT molecular complexity index is 1210. The third kappa shape index (κ3) is 4.06. The molecule has 1 unspecified atom stereocenters. The lowest BCUT2D eigenvalue weighted by molar-refractivity contribution is 0.0305. The van der Waals surface area contributed by atoms with Crippen molar-refractivity contribution < 1.29 is 9.84 Å². The second-order valence-electron chi connectivity index (χ2n) is 10.3. The number of anilines is 1. The number of aliphatic hydroxyl groups is 1. The van der Waals surface area contributed by atoms with Crippen molar-refractivity contribution in [2.75, 3.05) is 44.3 Å². The normalized spacial score (nSPS) is 23.5. The van der Waals surface area contributed by atoms with Gasteiger partial charge in [0, 0.05) is 42.2 Å². The van der Waals surface area contributed by atoms with E-state index in [2.05, 4.69) is 30.9 Å². The van der Waals surface area contributed by atoms with E-state index in [0.717, 1.165) is 73.1 Å². The number of benzene rings is 1. The molecule has 0 aliphatic carbocycles. The second-order valence-corrected chi connectivity index (χ2v) is 10.7. The largest absolute Gasteiger partial charge is 0.386 e. The fourth-order valence-electron chi connectivity index (χ4n) is 5.69. The van der Waals surface area contributed by atoms with Gasteiger partial charge in [-0.2, -0.15) is 5.10 Å². The maximum atomic E-state index is 10.1. The number of likely N-dealkylation sites (tertiary alicyclic amines) is 1. The number of aromatic nitrogens is 4. The van der Waals surface area contributed by atoms with Crippen LogP contribution in [0.4, 0.5) is 5.82 Å². The lowest BCUT2D eigenvalue weighted by Gasteiger charge is -2.45. The predicted octanol–water partition coefficient (Wildman–Crippen LogP) is 3.32. The molecule has 0 amide bonds. The second kappa shape index (κ2) is 8.45. The van der Waals surface area contributed by atoms with Gasteiger partial charge >= 0.3 is 0 Å². The van der Waals surface area contributed by atoms with E-state index >= 15 is 0 Å². The van der Waals surface area contributed by atoms with Gasteiger partial charge in [0.2, 0.25) is 0 Å². The zero-order chi connectivity index (χ0) is 23.4. The van der Waals surface area contributed by atoms with Crippen molar-refractivity contribution in [3.63, 3.8) is 0 Å². The minimum Gasteiger partial charge on any atom is -0.386 e. The SMILES string of the molecule is Cc1nc(N2CC(C)(O)C2)cc(-n2ncc3cc(Cl)c(C4CCN(C5CCOC5)CC4)cc32)n1. The summed E-state index contributed by atoms with van der Waals surface area (Å²) in [4.78, 5) is 13.9. The Labute approximate surface area is 204 Å². The number of ether oxygens (including phenoxy) is 1. The van der Waals surface area contributed by atoms with Gasteiger partial charge in [-0.05, 0) is 69.8 Å². The Hall–Kier alpha value is -2.26. The summed E-state index contributed by atoms with van der Waals surface area (Å²) in [7, 11) is 0. The van der Waals surface area contributed by atoms with E-state index in [-0.39, 0.29) is 0 Å². The van der Waals surface area contributed by atoms with Crippen LogP contribution >= 0.6 is 11.6 Å². The summed E-state index contributed by atoms with van der Waals surface area (Å²) in [5.74, 6) is 2.66. The van der Waals surface area contributed by atoms with Crippen molar-refractivity contribution in [2.24, 2.45) is 0 Å². The van der Waals surface area contributed by atoms with Crippen LogP contribution in [0.2, 0.25) is 5.02 Å². The van der Waals surface area contributed by atoms with Crippen LogP contribution in [0.5, 0.6) is 0 Å². The Morgan fingerprint density at radius 1 is 1.09 bits per heavy atom. The molecule has 3 aromatic rings. The zero-order valence-corrected chi connectivity index (χ0v) is 20.5. The molecule has 3 fully saturated rings. The molecular formula is C25H31ClN6O2. The summed E-state index contributed by atoms with van der Waals surface area (Å²) in [6.07, 6.45) is 5.19. The standard InChI is InChI=1S/C25H31ClN6O2/c1-16-28-23(31-14-25(2,33)15-31)11-24(29-16)32-22-10-20(21(26)9-18(22)12-27-32)17-3-6-30(7-4-17)19-5-8-34-13-19/h9-12,17,19,33H,3-8,13-15H2,1-2H3. The first-order valence-corrected chi connectivity index (χ1v) is 12.6. The van der Waals surface area contributed by atoms with Crippen molar-refractivity contribution in [1.29, 1.82) is 0 Å². The summed E-state index contributed by atoms with van der Waals surface area (Å²) in [6, 6.07) is 6.76. The van der Waals surface area contributed by atoms with Gasteiger partial charge in [-0.15, -0.1) is 0 Å². The average Bonchev–Trinajstić information content (AvgIpc) is 3.47. The molecule has 1 atom stereocenters. The molecule has 2 aromatic heterocycles. The van der Waals surface area contributed by atoms with Crippen molar-refractivity contribution in [2.45, 2.75) is 50.7 Å². The summed E-state index contributed by atoms with van der Waals surface area (Å²) in [5, 5.41) is 16.6. The van der Waals surface area contributed by atoms with Gasteiger partial charge in [0.15, 0.2) is 5.82 Å².